The molecule has 1 unspecified atom stereocenters. The summed E-state index contributed by atoms with van der Waals surface area (Å²) in [5, 5.41) is 3.20. The van der Waals surface area contributed by atoms with Gasteiger partial charge >= 0.3 is 0 Å². The van der Waals surface area contributed by atoms with Crippen LogP contribution in [0.1, 0.15) is 53.4 Å². The summed E-state index contributed by atoms with van der Waals surface area (Å²) in [6.45, 7) is 6.61. The van der Waals surface area contributed by atoms with Crippen LogP contribution in [0.25, 0.3) is 0 Å². The van der Waals surface area contributed by atoms with E-state index in [1.807, 2.05) is 81.4 Å². The minimum Gasteiger partial charge on any atom is -0.489 e. The van der Waals surface area contributed by atoms with Gasteiger partial charge in [-0.1, -0.05) is 54.1 Å². The van der Waals surface area contributed by atoms with Crippen molar-refractivity contribution in [3.63, 3.8) is 0 Å². The summed E-state index contributed by atoms with van der Waals surface area (Å²) in [6, 6.07) is 23.3. The number of carbonyl (C=O) groups is 1. The summed E-state index contributed by atoms with van der Waals surface area (Å²) in [5.41, 5.74) is 3.50. The second-order valence-corrected chi connectivity index (χ2v) is 8.44. The van der Waals surface area contributed by atoms with Crippen LogP contribution in [0.2, 0.25) is 0 Å². The molecule has 0 aliphatic carbocycles. The largest absolute Gasteiger partial charge is 0.489 e. The number of hydrogen-bond donors (Lipinski definition) is 1. The molecule has 1 atom stereocenters. The molecule has 0 saturated heterocycles. The molecule has 1 amide bonds. The predicted octanol–water partition coefficient (Wildman–Crippen LogP) is 5.61. The maximum atomic E-state index is 13.0. The van der Waals surface area contributed by atoms with E-state index in [4.69, 9.17) is 9.47 Å². The zero-order valence-corrected chi connectivity index (χ0v) is 17.6. The number of aryl methyl sites for hydroxylation is 1. The number of rotatable bonds is 5. The summed E-state index contributed by atoms with van der Waals surface area (Å²) in [7, 11) is 0. The van der Waals surface area contributed by atoms with Gasteiger partial charge in [0.1, 0.15) is 23.7 Å². The Bertz CT molecular complexity index is 1040. The Morgan fingerprint density at radius 3 is 2.67 bits per heavy atom. The molecule has 1 aliphatic heterocycles. The number of fused-ring (bicyclic) bond motifs is 1. The Balaban J connectivity index is 1.49. The first kappa shape index (κ1) is 20.0. The van der Waals surface area contributed by atoms with Gasteiger partial charge in [-0.2, -0.15) is 0 Å². The third kappa shape index (κ3) is 4.65. The molecule has 4 rings (SSSR count). The maximum Gasteiger partial charge on any atom is 0.251 e. The maximum absolute atomic E-state index is 13.0. The summed E-state index contributed by atoms with van der Waals surface area (Å²) < 4.78 is 12.0. The van der Waals surface area contributed by atoms with Gasteiger partial charge < -0.3 is 14.8 Å². The molecule has 4 nitrogen and oxygen atoms in total. The molecular weight excluding hydrogens is 374 g/mol. The first-order valence-electron chi connectivity index (χ1n) is 10.3. The van der Waals surface area contributed by atoms with Crippen LogP contribution in [0.4, 0.5) is 0 Å². The number of nitrogens with one attached hydrogen (secondary N) is 1. The van der Waals surface area contributed by atoms with Crippen molar-refractivity contribution in [1.29, 1.82) is 0 Å². The molecular formula is C26H27NO3. The van der Waals surface area contributed by atoms with Crippen LogP contribution in [-0.4, -0.2) is 11.5 Å². The molecule has 3 aromatic carbocycles. The van der Waals surface area contributed by atoms with Crippen LogP contribution in [0.3, 0.4) is 0 Å². The van der Waals surface area contributed by atoms with E-state index in [9.17, 15) is 4.79 Å². The summed E-state index contributed by atoms with van der Waals surface area (Å²) >= 11 is 0. The van der Waals surface area contributed by atoms with Crippen molar-refractivity contribution >= 4 is 5.91 Å². The molecule has 1 aliphatic rings. The zero-order valence-electron chi connectivity index (χ0n) is 17.6. The van der Waals surface area contributed by atoms with Crippen LogP contribution in [0, 0.1) is 6.92 Å². The number of amides is 1. The first-order chi connectivity index (χ1) is 14.4. The van der Waals surface area contributed by atoms with Crippen LogP contribution < -0.4 is 14.8 Å². The third-order valence-electron chi connectivity index (χ3n) is 5.27. The number of benzene rings is 3. The van der Waals surface area contributed by atoms with Crippen LogP contribution in [0.15, 0.2) is 72.8 Å². The zero-order chi connectivity index (χ0) is 21.1. The van der Waals surface area contributed by atoms with Gasteiger partial charge in [0, 0.05) is 17.5 Å². The van der Waals surface area contributed by atoms with Crippen molar-refractivity contribution in [3.05, 3.63) is 95.1 Å². The fourth-order valence-electron chi connectivity index (χ4n) is 3.81. The lowest BCUT2D eigenvalue weighted by atomic mass is 9.88. The predicted molar refractivity (Wildman–Crippen MR) is 118 cm³/mol. The topological polar surface area (TPSA) is 47.6 Å². The van der Waals surface area contributed by atoms with E-state index in [0.717, 1.165) is 22.4 Å². The molecule has 0 spiro atoms. The minimum atomic E-state index is -0.346. The van der Waals surface area contributed by atoms with E-state index >= 15 is 0 Å². The second-order valence-electron chi connectivity index (χ2n) is 8.44. The van der Waals surface area contributed by atoms with Gasteiger partial charge in [0.15, 0.2) is 0 Å². The lowest BCUT2D eigenvalue weighted by molar-refractivity contribution is 0.0619. The van der Waals surface area contributed by atoms with E-state index in [1.54, 1.807) is 6.07 Å². The molecule has 0 aromatic heterocycles. The SMILES string of the molecule is Cc1ccc2c(c1)C(NC(=O)c1cccc(OCc3ccccc3)c1)CC(C)(C)O2. The molecule has 154 valence electrons. The molecule has 4 heteroatoms. The van der Waals surface area contributed by atoms with Gasteiger partial charge in [-0.25, -0.2) is 0 Å². The average Bonchev–Trinajstić information content (AvgIpc) is 2.73. The quantitative estimate of drug-likeness (QED) is 0.605. The molecule has 3 aromatic rings. The Kier molecular flexibility index (Phi) is 5.49. The smallest absolute Gasteiger partial charge is 0.251 e. The van der Waals surface area contributed by atoms with Crippen molar-refractivity contribution in [2.24, 2.45) is 0 Å². The fourth-order valence-corrected chi connectivity index (χ4v) is 3.81. The highest BCUT2D eigenvalue weighted by atomic mass is 16.5. The lowest BCUT2D eigenvalue weighted by Crippen LogP contribution is -2.41. The third-order valence-corrected chi connectivity index (χ3v) is 5.27. The molecule has 0 bridgehead atoms. The highest BCUT2D eigenvalue weighted by molar-refractivity contribution is 5.94. The van der Waals surface area contributed by atoms with Crippen LogP contribution in [0.5, 0.6) is 11.5 Å². The van der Waals surface area contributed by atoms with Crippen molar-refractivity contribution in [3.8, 4) is 11.5 Å². The van der Waals surface area contributed by atoms with Crippen molar-refractivity contribution in [2.75, 3.05) is 0 Å². The molecule has 0 radical (unpaired) electrons. The molecule has 1 N–H and O–H groups in total. The standard InChI is InChI=1S/C26H27NO3/c1-18-12-13-24-22(14-18)23(16-26(2,3)30-24)27-25(28)20-10-7-11-21(15-20)29-17-19-8-5-4-6-9-19/h4-15,23H,16-17H2,1-3H3,(H,27,28). The number of ether oxygens (including phenoxy) is 2. The molecule has 1 heterocycles. The van der Waals surface area contributed by atoms with E-state index in [-0.39, 0.29) is 17.6 Å². The summed E-state index contributed by atoms with van der Waals surface area (Å²) in [4.78, 5) is 13.0. The van der Waals surface area contributed by atoms with Gasteiger partial charge in [-0.05, 0) is 50.6 Å². The number of carbonyl (C=O) groups excluding carboxylic acids is 1. The number of hydrogen-bond acceptors (Lipinski definition) is 3. The van der Waals surface area contributed by atoms with E-state index in [2.05, 4.69) is 11.4 Å². The van der Waals surface area contributed by atoms with E-state index < -0.39 is 0 Å². The van der Waals surface area contributed by atoms with Gasteiger partial charge in [0.25, 0.3) is 5.91 Å². The molecule has 30 heavy (non-hydrogen) atoms. The van der Waals surface area contributed by atoms with Crippen molar-refractivity contribution in [2.45, 2.75) is 45.4 Å². The van der Waals surface area contributed by atoms with Crippen molar-refractivity contribution < 1.29 is 14.3 Å². The van der Waals surface area contributed by atoms with Gasteiger partial charge in [0.05, 0.1) is 6.04 Å². The average molecular weight is 402 g/mol. The van der Waals surface area contributed by atoms with Gasteiger partial charge in [0.2, 0.25) is 0 Å². The van der Waals surface area contributed by atoms with E-state index in [0.29, 0.717) is 24.3 Å². The Labute approximate surface area is 177 Å². The Morgan fingerprint density at radius 1 is 1.07 bits per heavy atom. The monoisotopic (exact) mass is 401 g/mol. The van der Waals surface area contributed by atoms with Crippen molar-refractivity contribution in [1.82, 2.24) is 5.32 Å². The first-order valence-corrected chi connectivity index (χ1v) is 10.3. The Morgan fingerprint density at radius 2 is 1.87 bits per heavy atom. The van der Waals surface area contributed by atoms with Gasteiger partial charge in [-0.3, -0.25) is 4.79 Å². The van der Waals surface area contributed by atoms with Crippen LogP contribution in [-0.2, 0) is 6.61 Å². The van der Waals surface area contributed by atoms with E-state index in [1.165, 1.54) is 0 Å². The normalized spacial score (nSPS) is 16.8. The summed E-state index contributed by atoms with van der Waals surface area (Å²) in [6.07, 6.45) is 0.708. The lowest BCUT2D eigenvalue weighted by Gasteiger charge is -2.38. The fraction of sp³-hybridized carbons (Fsp3) is 0.269. The highest BCUT2D eigenvalue weighted by Gasteiger charge is 2.34. The minimum absolute atomic E-state index is 0.106. The van der Waals surface area contributed by atoms with Crippen LogP contribution >= 0.6 is 0 Å². The second kappa shape index (κ2) is 8.23. The molecule has 0 fully saturated rings. The summed E-state index contributed by atoms with van der Waals surface area (Å²) in [5.74, 6) is 1.40. The van der Waals surface area contributed by atoms with Gasteiger partial charge in [-0.15, -0.1) is 0 Å². The highest BCUT2D eigenvalue weighted by Crippen LogP contribution is 2.40. The molecule has 0 saturated carbocycles. The Hall–Kier alpha value is -3.27.